The molecule has 0 amide bonds. The van der Waals surface area contributed by atoms with E-state index in [-0.39, 0.29) is 11.5 Å². The third-order valence-corrected chi connectivity index (χ3v) is 5.27. The summed E-state index contributed by atoms with van der Waals surface area (Å²) in [7, 11) is 0. The first-order valence-corrected chi connectivity index (χ1v) is 8.02. The van der Waals surface area contributed by atoms with Gasteiger partial charge in [-0.3, -0.25) is 0 Å². The van der Waals surface area contributed by atoms with E-state index in [1.54, 1.807) is 11.3 Å². The van der Waals surface area contributed by atoms with Crippen molar-refractivity contribution >= 4 is 27.3 Å². The Balaban J connectivity index is 2.50. The lowest BCUT2D eigenvalue weighted by Gasteiger charge is -2.25. The molecule has 0 aliphatic carbocycles. The van der Waals surface area contributed by atoms with Gasteiger partial charge in [0.2, 0.25) is 0 Å². The van der Waals surface area contributed by atoms with Gasteiger partial charge in [0.25, 0.3) is 0 Å². The predicted octanol–water partition coefficient (Wildman–Crippen LogP) is 5.16. The van der Waals surface area contributed by atoms with Crippen molar-refractivity contribution in [2.24, 2.45) is 5.73 Å². The minimum atomic E-state index is -0.0662. The summed E-state index contributed by atoms with van der Waals surface area (Å²) in [6, 6.07) is 10.6. The molecule has 19 heavy (non-hydrogen) atoms. The highest BCUT2D eigenvalue weighted by Gasteiger charge is 2.23. The maximum Gasteiger partial charge on any atom is 0.0660 e. The van der Waals surface area contributed by atoms with E-state index in [2.05, 4.69) is 74.0 Å². The third-order valence-electron chi connectivity index (χ3n) is 3.22. The fraction of sp³-hybridized carbons (Fsp3) is 0.375. The van der Waals surface area contributed by atoms with Crippen LogP contribution in [0.4, 0.5) is 0 Å². The zero-order chi connectivity index (χ0) is 14.2. The molecule has 0 bridgehead atoms. The monoisotopic (exact) mass is 337 g/mol. The summed E-state index contributed by atoms with van der Waals surface area (Å²) in [5.41, 5.74) is 9.15. The number of benzene rings is 1. The first-order valence-electron chi connectivity index (χ1n) is 6.41. The van der Waals surface area contributed by atoms with Crippen LogP contribution in [0.15, 0.2) is 34.8 Å². The Morgan fingerprint density at radius 1 is 1.21 bits per heavy atom. The number of nitrogens with two attached hydrogens (primary N) is 1. The lowest BCUT2D eigenvalue weighted by Crippen LogP contribution is -2.20. The first-order chi connectivity index (χ1) is 8.80. The normalized spacial score (nSPS) is 13.6. The minimum absolute atomic E-state index is 0.0662. The van der Waals surface area contributed by atoms with Crippen LogP contribution in [-0.2, 0) is 5.41 Å². The van der Waals surface area contributed by atoms with Gasteiger partial charge in [-0.2, -0.15) is 0 Å². The molecule has 0 aliphatic rings. The molecule has 0 aliphatic heterocycles. The summed E-state index contributed by atoms with van der Waals surface area (Å²) in [5.74, 6) is 0. The summed E-state index contributed by atoms with van der Waals surface area (Å²) in [6.07, 6.45) is 0. The van der Waals surface area contributed by atoms with Gasteiger partial charge in [-0.1, -0.05) is 45.0 Å². The van der Waals surface area contributed by atoms with E-state index < -0.39 is 0 Å². The zero-order valence-electron chi connectivity index (χ0n) is 11.8. The number of aryl methyl sites for hydroxylation is 1. The van der Waals surface area contributed by atoms with Gasteiger partial charge >= 0.3 is 0 Å². The number of hydrogen-bond acceptors (Lipinski definition) is 2. The fourth-order valence-corrected chi connectivity index (χ4v) is 4.22. The number of halogens is 1. The second-order valence-corrected chi connectivity index (χ2v) is 8.03. The Bertz CT molecular complexity index is 581. The van der Waals surface area contributed by atoms with Gasteiger partial charge in [0.05, 0.1) is 6.04 Å². The van der Waals surface area contributed by atoms with E-state index in [0.717, 1.165) is 4.47 Å². The van der Waals surface area contributed by atoms with E-state index in [0.29, 0.717) is 0 Å². The summed E-state index contributed by atoms with van der Waals surface area (Å²) < 4.78 is 1.12. The molecule has 0 spiro atoms. The predicted molar refractivity (Wildman–Crippen MR) is 87.9 cm³/mol. The molecule has 1 atom stereocenters. The molecule has 2 N–H and O–H groups in total. The Kier molecular flexibility index (Phi) is 4.19. The van der Waals surface area contributed by atoms with Gasteiger partial charge in [-0.15, -0.1) is 11.3 Å². The molecule has 0 radical (unpaired) electrons. The fourth-order valence-electron chi connectivity index (χ4n) is 2.31. The molecule has 0 fully saturated rings. The minimum Gasteiger partial charge on any atom is -0.320 e. The van der Waals surface area contributed by atoms with Crippen molar-refractivity contribution < 1.29 is 0 Å². The Morgan fingerprint density at radius 2 is 1.84 bits per heavy atom. The highest BCUT2D eigenvalue weighted by molar-refractivity contribution is 9.10. The molecule has 102 valence electrons. The van der Waals surface area contributed by atoms with Crippen molar-refractivity contribution in [3.05, 3.63) is 55.7 Å². The smallest absolute Gasteiger partial charge is 0.0660 e. The average Bonchev–Trinajstić information content (AvgIpc) is 2.66. The zero-order valence-corrected chi connectivity index (χ0v) is 14.2. The summed E-state index contributed by atoms with van der Waals surface area (Å²) in [6.45, 7) is 8.80. The Morgan fingerprint density at radius 3 is 2.37 bits per heavy atom. The SMILES string of the molecule is Cc1cc(Br)c(C(N)c2ccccc2C(C)(C)C)s1. The highest BCUT2D eigenvalue weighted by Crippen LogP contribution is 2.37. The topological polar surface area (TPSA) is 26.0 Å². The van der Waals surface area contributed by atoms with Gasteiger partial charge in [-0.05, 0) is 45.5 Å². The molecule has 2 rings (SSSR count). The van der Waals surface area contributed by atoms with Crippen LogP contribution in [0.25, 0.3) is 0 Å². The van der Waals surface area contributed by atoms with Crippen LogP contribution in [0.5, 0.6) is 0 Å². The summed E-state index contributed by atoms with van der Waals surface area (Å²) >= 11 is 5.39. The summed E-state index contributed by atoms with van der Waals surface area (Å²) in [5, 5.41) is 0. The molecule has 1 heterocycles. The Hall–Kier alpha value is -0.640. The van der Waals surface area contributed by atoms with E-state index in [1.165, 1.54) is 20.9 Å². The van der Waals surface area contributed by atoms with E-state index in [9.17, 15) is 0 Å². The lowest BCUT2D eigenvalue weighted by molar-refractivity contribution is 0.578. The standard InChI is InChI=1S/C16H20BrNS/c1-10-9-13(17)15(19-10)14(18)11-7-5-6-8-12(11)16(2,3)4/h5-9,14H,18H2,1-4H3. The van der Waals surface area contributed by atoms with Gasteiger partial charge in [0.1, 0.15) is 0 Å². The average molecular weight is 338 g/mol. The van der Waals surface area contributed by atoms with Gasteiger partial charge in [0.15, 0.2) is 0 Å². The van der Waals surface area contributed by atoms with Crippen molar-refractivity contribution in [1.82, 2.24) is 0 Å². The van der Waals surface area contributed by atoms with Crippen LogP contribution in [-0.4, -0.2) is 0 Å². The van der Waals surface area contributed by atoms with Crippen LogP contribution in [0, 0.1) is 6.92 Å². The third kappa shape index (κ3) is 3.10. The van der Waals surface area contributed by atoms with E-state index >= 15 is 0 Å². The maximum atomic E-state index is 6.51. The number of rotatable bonds is 2. The van der Waals surface area contributed by atoms with Crippen LogP contribution in [0.3, 0.4) is 0 Å². The molecule has 0 saturated heterocycles. The number of hydrogen-bond donors (Lipinski definition) is 1. The Labute approximate surface area is 128 Å². The van der Waals surface area contributed by atoms with E-state index in [4.69, 9.17) is 5.73 Å². The molecule has 1 aromatic heterocycles. The van der Waals surface area contributed by atoms with Crippen molar-refractivity contribution in [1.29, 1.82) is 0 Å². The van der Waals surface area contributed by atoms with Crippen LogP contribution in [0.1, 0.15) is 47.7 Å². The summed E-state index contributed by atoms with van der Waals surface area (Å²) in [4.78, 5) is 2.49. The van der Waals surface area contributed by atoms with Crippen LogP contribution < -0.4 is 5.73 Å². The van der Waals surface area contributed by atoms with Crippen molar-refractivity contribution in [2.75, 3.05) is 0 Å². The molecular formula is C16H20BrNS. The van der Waals surface area contributed by atoms with Crippen molar-refractivity contribution in [3.63, 3.8) is 0 Å². The molecular weight excluding hydrogens is 318 g/mol. The van der Waals surface area contributed by atoms with Gasteiger partial charge < -0.3 is 5.73 Å². The first kappa shape index (κ1) is 14.8. The molecule has 3 heteroatoms. The molecule has 0 saturated carbocycles. The van der Waals surface area contributed by atoms with Crippen LogP contribution in [0.2, 0.25) is 0 Å². The quantitative estimate of drug-likeness (QED) is 0.804. The largest absolute Gasteiger partial charge is 0.320 e. The lowest BCUT2D eigenvalue weighted by atomic mass is 9.82. The van der Waals surface area contributed by atoms with Crippen LogP contribution >= 0.6 is 27.3 Å². The second-order valence-electron chi connectivity index (χ2n) is 5.88. The number of thiophene rings is 1. The molecule has 1 unspecified atom stereocenters. The van der Waals surface area contributed by atoms with Crippen molar-refractivity contribution in [2.45, 2.75) is 39.2 Å². The van der Waals surface area contributed by atoms with Gasteiger partial charge in [-0.25, -0.2) is 0 Å². The second kappa shape index (κ2) is 5.39. The van der Waals surface area contributed by atoms with Crippen molar-refractivity contribution in [3.8, 4) is 0 Å². The molecule has 1 aromatic carbocycles. The van der Waals surface area contributed by atoms with Gasteiger partial charge in [0, 0.05) is 14.2 Å². The van der Waals surface area contributed by atoms with E-state index in [1.807, 2.05) is 0 Å². The highest BCUT2D eigenvalue weighted by atomic mass is 79.9. The maximum absolute atomic E-state index is 6.51. The molecule has 1 nitrogen and oxygen atoms in total. The molecule has 2 aromatic rings.